The SMILES string of the molecule is CN(Cc1ccccc1)S(=O)(=O)c1cccc(B(O)O)c1. The Morgan fingerprint density at radius 1 is 1.05 bits per heavy atom. The maximum Gasteiger partial charge on any atom is 0.488 e. The van der Waals surface area contributed by atoms with Gasteiger partial charge in [0.25, 0.3) is 0 Å². The second kappa shape index (κ2) is 6.40. The molecule has 21 heavy (non-hydrogen) atoms. The fraction of sp³-hybridized carbons (Fsp3) is 0.143. The molecule has 0 atom stereocenters. The average molecular weight is 305 g/mol. The van der Waals surface area contributed by atoms with E-state index in [1.807, 2.05) is 30.3 Å². The smallest absolute Gasteiger partial charge is 0.423 e. The molecule has 2 aromatic carbocycles. The second-order valence-corrected chi connectivity index (χ2v) is 6.74. The Kier molecular flexibility index (Phi) is 4.79. The molecule has 2 rings (SSSR count). The molecule has 0 saturated carbocycles. The normalized spacial score (nSPS) is 11.6. The number of hydrogen-bond acceptors (Lipinski definition) is 4. The highest BCUT2D eigenvalue weighted by molar-refractivity contribution is 7.89. The first-order valence-electron chi connectivity index (χ1n) is 6.37. The van der Waals surface area contributed by atoms with Crippen molar-refractivity contribution in [1.29, 1.82) is 0 Å². The van der Waals surface area contributed by atoms with E-state index in [1.54, 1.807) is 0 Å². The van der Waals surface area contributed by atoms with E-state index in [0.717, 1.165) is 5.56 Å². The predicted octanol–water partition coefficient (Wildman–Crippen LogP) is 0.187. The zero-order valence-electron chi connectivity index (χ0n) is 11.5. The lowest BCUT2D eigenvalue weighted by molar-refractivity contribution is 0.425. The third-order valence-corrected chi connectivity index (χ3v) is 4.91. The first-order valence-corrected chi connectivity index (χ1v) is 7.81. The van der Waals surface area contributed by atoms with Gasteiger partial charge in [-0.05, 0) is 23.2 Å². The van der Waals surface area contributed by atoms with Gasteiger partial charge in [-0.15, -0.1) is 0 Å². The van der Waals surface area contributed by atoms with Crippen molar-refractivity contribution in [2.24, 2.45) is 0 Å². The van der Waals surface area contributed by atoms with Crippen LogP contribution in [-0.4, -0.2) is 36.9 Å². The number of nitrogens with zero attached hydrogens (tertiary/aromatic N) is 1. The van der Waals surface area contributed by atoms with Crippen molar-refractivity contribution in [1.82, 2.24) is 4.31 Å². The highest BCUT2D eigenvalue weighted by atomic mass is 32.2. The Bertz CT molecular complexity index is 704. The van der Waals surface area contributed by atoms with Gasteiger partial charge in [0.1, 0.15) is 0 Å². The van der Waals surface area contributed by atoms with E-state index in [4.69, 9.17) is 10.0 Å². The van der Waals surface area contributed by atoms with Gasteiger partial charge in [-0.25, -0.2) is 8.42 Å². The van der Waals surface area contributed by atoms with Gasteiger partial charge in [0, 0.05) is 13.6 Å². The molecule has 2 aromatic rings. The summed E-state index contributed by atoms with van der Waals surface area (Å²) in [5.74, 6) is 0. The van der Waals surface area contributed by atoms with Gasteiger partial charge in [0.2, 0.25) is 10.0 Å². The molecule has 7 heteroatoms. The van der Waals surface area contributed by atoms with E-state index < -0.39 is 17.1 Å². The fourth-order valence-corrected chi connectivity index (χ4v) is 3.16. The summed E-state index contributed by atoms with van der Waals surface area (Å²) < 4.78 is 26.2. The first-order chi connectivity index (χ1) is 9.91. The zero-order valence-corrected chi connectivity index (χ0v) is 12.4. The monoisotopic (exact) mass is 305 g/mol. The van der Waals surface area contributed by atoms with Crippen molar-refractivity contribution in [3.63, 3.8) is 0 Å². The third-order valence-electron chi connectivity index (χ3n) is 3.11. The maximum absolute atomic E-state index is 12.5. The van der Waals surface area contributed by atoms with Crippen LogP contribution < -0.4 is 5.46 Å². The minimum atomic E-state index is -3.68. The van der Waals surface area contributed by atoms with Crippen LogP contribution >= 0.6 is 0 Å². The number of benzene rings is 2. The third kappa shape index (κ3) is 3.71. The Morgan fingerprint density at radius 3 is 2.33 bits per heavy atom. The van der Waals surface area contributed by atoms with Gasteiger partial charge in [0.15, 0.2) is 0 Å². The Hall–Kier alpha value is -1.67. The van der Waals surface area contributed by atoms with Gasteiger partial charge < -0.3 is 10.0 Å². The molecule has 0 bridgehead atoms. The molecule has 110 valence electrons. The molecule has 0 heterocycles. The van der Waals surface area contributed by atoms with Crippen LogP contribution in [0.5, 0.6) is 0 Å². The molecule has 2 N–H and O–H groups in total. The van der Waals surface area contributed by atoms with Crippen molar-refractivity contribution in [3.05, 3.63) is 60.2 Å². The summed E-state index contributed by atoms with van der Waals surface area (Å²) in [5, 5.41) is 18.3. The standard InChI is InChI=1S/C14H16BNO4S/c1-16(11-12-6-3-2-4-7-12)21(19,20)14-9-5-8-13(10-14)15(17)18/h2-10,17-18H,11H2,1H3. The Balaban J connectivity index is 2.27. The molecular weight excluding hydrogens is 289 g/mol. The van der Waals surface area contributed by atoms with Crippen LogP contribution in [0.15, 0.2) is 59.5 Å². The average Bonchev–Trinajstić information content (AvgIpc) is 2.48. The largest absolute Gasteiger partial charge is 0.488 e. The van der Waals surface area contributed by atoms with Crippen LogP contribution in [0.25, 0.3) is 0 Å². The molecule has 0 fully saturated rings. The summed E-state index contributed by atoms with van der Waals surface area (Å²) in [6.07, 6.45) is 0. The summed E-state index contributed by atoms with van der Waals surface area (Å²) >= 11 is 0. The summed E-state index contributed by atoms with van der Waals surface area (Å²) in [6.45, 7) is 0.245. The highest BCUT2D eigenvalue weighted by Gasteiger charge is 2.22. The van der Waals surface area contributed by atoms with E-state index in [-0.39, 0.29) is 16.9 Å². The van der Waals surface area contributed by atoms with Crippen LogP contribution in [0.1, 0.15) is 5.56 Å². The second-order valence-electron chi connectivity index (χ2n) is 4.69. The van der Waals surface area contributed by atoms with E-state index in [2.05, 4.69) is 0 Å². The summed E-state index contributed by atoms with van der Waals surface area (Å²) in [7, 11) is -3.89. The summed E-state index contributed by atoms with van der Waals surface area (Å²) in [4.78, 5) is 0.0338. The van der Waals surface area contributed by atoms with Crippen molar-refractivity contribution in [2.45, 2.75) is 11.4 Å². The van der Waals surface area contributed by atoms with Crippen molar-refractivity contribution < 1.29 is 18.5 Å². The maximum atomic E-state index is 12.5. The fourth-order valence-electron chi connectivity index (χ4n) is 1.94. The van der Waals surface area contributed by atoms with Crippen LogP contribution in [0, 0.1) is 0 Å². The lowest BCUT2D eigenvalue weighted by atomic mass is 9.80. The Labute approximate surface area is 124 Å². The van der Waals surface area contributed by atoms with Crippen LogP contribution in [0.2, 0.25) is 0 Å². The van der Waals surface area contributed by atoms with E-state index >= 15 is 0 Å². The van der Waals surface area contributed by atoms with Crippen molar-refractivity contribution in [2.75, 3.05) is 7.05 Å². The zero-order chi connectivity index (χ0) is 15.5. The Morgan fingerprint density at radius 2 is 1.71 bits per heavy atom. The molecule has 0 spiro atoms. The molecule has 0 unspecified atom stereocenters. The van der Waals surface area contributed by atoms with E-state index in [9.17, 15) is 8.42 Å². The van der Waals surface area contributed by atoms with Gasteiger partial charge in [0.05, 0.1) is 4.90 Å². The topological polar surface area (TPSA) is 77.8 Å². The molecule has 0 aliphatic heterocycles. The molecular formula is C14H16BNO4S. The summed E-state index contributed by atoms with van der Waals surface area (Å²) in [6, 6.07) is 14.9. The van der Waals surface area contributed by atoms with Gasteiger partial charge in [-0.2, -0.15) is 4.31 Å². The quantitative estimate of drug-likeness (QED) is 0.773. The summed E-state index contributed by atoms with van der Waals surface area (Å²) in [5.41, 5.74) is 1.02. The van der Waals surface area contributed by atoms with Crippen molar-refractivity contribution >= 4 is 22.6 Å². The lowest BCUT2D eigenvalue weighted by Gasteiger charge is -2.17. The molecule has 0 aliphatic rings. The van der Waals surface area contributed by atoms with E-state index in [0.29, 0.717) is 0 Å². The van der Waals surface area contributed by atoms with E-state index in [1.165, 1.54) is 35.6 Å². The molecule has 0 saturated heterocycles. The van der Waals surface area contributed by atoms with Crippen molar-refractivity contribution in [3.8, 4) is 0 Å². The molecule has 0 aliphatic carbocycles. The lowest BCUT2D eigenvalue weighted by Crippen LogP contribution is -2.32. The predicted molar refractivity (Wildman–Crippen MR) is 81.4 cm³/mol. The minimum absolute atomic E-state index is 0.0338. The van der Waals surface area contributed by atoms with Gasteiger partial charge in [-0.1, -0.05) is 42.5 Å². The molecule has 0 amide bonds. The molecule has 0 aromatic heterocycles. The highest BCUT2D eigenvalue weighted by Crippen LogP contribution is 2.15. The number of rotatable bonds is 5. The van der Waals surface area contributed by atoms with Gasteiger partial charge >= 0.3 is 7.12 Å². The molecule has 5 nitrogen and oxygen atoms in total. The van der Waals surface area contributed by atoms with Crippen LogP contribution in [-0.2, 0) is 16.6 Å². The molecule has 0 radical (unpaired) electrons. The van der Waals surface area contributed by atoms with Crippen LogP contribution in [0.4, 0.5) is 0 Å². The van der Waals surface area contributed by atoms with Crippen LogP contribution in [0.3, 0.4) is 0 Å². The minimum Gasteiger partial charge on any atom is -0.423 e. The first kappa shape index (κ1) is 15.7. The van der Waals surface area contributed by atoms with Gasteiger partial charge in [-0.3, -0.25) is 0 Å². The number of hydrogen-bond donors (Lipinski definition) is 2. The number of sulfonamides is 1.